The molecule has 0 saturated heterocycles. The monoisotopic (exact) mass is 239 g/mol. The molecule has 0 amide bonds. The molecule has 16 heavy (non-hydrogen) atoms. The molecule has 1 heterocycles. The van der Waals surface area contributed by atoms with Crippen LogP contribution in [0, 0.1) is 12.3 Å². The number of nitrogens with one attached hydrogen (secondary N) is 3. The molecular weight excluding hydrogens is 222 g/mol. The van der Waals surface area contributed by atoms with Crippen molar-refractivity contribution in [3.63, 3.8) is 0 Å². The van der Waals surface area contributed by atoms with Crippen LogP contribution >= 0.6 is 11.3 Å². The molecule has 1 aromatic rings. The fourth-order valence-electron chi connectivity index (χ4n) is 1.23. The third-order valence-corrected chi connectivity index (χ3v) is 3.00. The number of rotatable bonds is 3. The van der Waals surface area contributed by atoms with Crippen molar-refractivity contribution in [2.45, 2.75) is 13.3 Å². The van der Waals surface area contributed by atoms with Crippen molar-refractivity contribution in [1.82, 2.24) is 10.6 Å². The van der Waals surface area contributed by atoms with Gasteiger partial charge in [0.1, 0.15) is 0 Å². The Bertz CT molecular complexity index is 382. The number of guanidine groups is 2. The van der Waals surface area contributed by atoms with Crippen molar-refractivity contribution in [2.24, 2.45) is 10.7 Å². The highest BCUT2D eigenvalue weighted by Crippen LogP contribution is 2.14. The molecule has 0 aromatic carbocycles. The molecular formula is C10H17N5S. The first kappa shape index (κ1) is 12.5. The zero-order chi connectivity index (χ0) is 12.0. The Kier molecular flexibility index (Phi) is 4.78. The molecule has 0 spiro atoms. The van der Waals surface area contributed by atoms with Crippen molar-refractivity contribution < 1.29 is 0 Å². The van der Waals surface area contributed by atoms with E-state index in [-0.39, 0.29) is 5.96 Å². The molecule has 5 N–H and O–H groups in total. The number of thiophene rings is 1. The van der Waals surface area contributed by atoms with E-state index in [1.54, 1.807) is 18.4 Å². The Morgan fingerprint density at radius 3 is 2.81 bits per heavy atom. The summed E-state index contributed by atoms with van der Waals surface area (Å²) in [5.41, 5.74) is 5.21. The van der Waals surface area contributed by atoms with Gasteiger partial charge in [0.05, 0.1) is 0 Å². The molecule has 0 atom stereocenters. The predicted molar refractivity (Wildman–Crippen MR) is 69.2 cm³/mol. The molecule has 0 saturated carbocycles. The van der Waals surface area contributed by atoms with E-state index in [9.17, 15) is 0 Å². The SMILES string of the molecule is C/N=C(/NCCc1ccc(C)s1)NC(=N)N. The first-order chi connectivity index (χ1) is 7.61. The molecule has 0 bridgehead atoms. The van der Waals surface area contributed by atoms with Gasteiger partial charge in [-0.05, 0) is 25.5 Å². The molecule has 1 rings (SSSR count). The van der Waals surface area contributed by atoms with E-state index in [1.165, 1.54) is 9.75 Å². The van der Waals surface area contributed by atoms with Crippen molar-refractivity contribution in [3.05, 3.63) is 21.9 Å². The lowest BCUT2D eigenvalue weighted by Gasteiger charge is -2.09. The number of nitrogens with zero attached hydrogens (tertiary/aromatic N) is 1. The smallest absolute Gasteiger partial charge is 0.197 e. The maximum Gasteiger partial charge on any atom is 0.197 e. The molecule has 0 aliphatic heterocycles. The van der Waals surface area contributed by atoms with Gasteiger partial charge < -0.3 is 11.1 Å². The van der Waals surface area contributed by atoms with Gasteiger partial charge in [-0.1, -0.05) is 0 Å². The Morgan fingerprint density at radius 2 is 2.31 bits per heavy atom. The number of nitrogens with two attached hydrogens (primary N) is 1. The second-order valence-corrected chi connectivity index (χ2v) is 4.67. The second kappa shape index (κ2) is 6.12. The molecule has 0 aliphatic carbocycles. The van der Waals surface area contributed by atoms with E-state index in [0.717, 1.165) is 13.0 Å². The minimum Gasteiger partial charge on any atom is -0.370 e. The first-order valence-electron chi connectivity index (χ1n) is 4.99. The highest BCUT2D eigenvalue weighted by molar-refractivity contribution is 7.11. The third-order valence-electron chi connectivity index (χ3n) is 1.94. The molecule has 1 aromatic heterocycles. The summed E-state index contributed by atoms with van der Waals surface area (Å²) in [6.07, 6.45) is 0.942. The highest BCUT2D eigenvalue weighted by atomic mass is 32.1. The summed E-state index contributed by atoms with van der Waals surface area (Å²) < 4.78 is 0. The van der Waals surface area contributed by atoms with Gasteiger partial charge in [0.25, 0.3) is 0 Å². The Morgan fingerprint density at radius 1 is 1.56 bits per heavy atom. The molecule has 88 valence electrons. The van der Waals surface area contributed by atoms with Crippen molar-refractivity contribution in [1.29, 1.82) is 5.41 Å². The van der Waals surface area contributed by atoms with Crippen LogP contribution in [0.2, 0.25) is 0 Å². The minimum atomic E-state index is -0.111. The number of hydrogen-bond donors (Lipinski definition) is 4. The lowest BCUT2D eigenvalue weighted by molar-refractivity contribution is 0.854. The maximum absolute atomic E-state index is 7.08. The summed E-state index contributed by atoms with van der Waals surface area (Å²) in [6.45, 7) is 2.87. The van der Waals surface area contributed by atoms with Gasteiger partial charge in [0.15, 0.2) is 11.9 Å². The zero-order valence-electron chi connectivity index (χ0n) is 9.50. The Labute approximate surface area is 99.3 Å². The lowest BCUT2D eigenvalue weighted by Crippen LogP contribution is -2.44. The van der Waals surface area contributed by atoms with Crippen LogP contribution in [0.15, 0.2) is 17.1 Å². The van der Waals surface area contributed by atoms with Crippen LogP contribution in [0.5, 0.6) is 0 Å². The van der Waals surface area contributed by atoms with Crippen molar-refractivity contribution in [3.8, 4) is 0 Å². The van der Waals surface area contributed by atoms with E-state index in [1.807, 2.05) is 0 Å². The normalized spacial score (nSPS) is 11.2. The van der Waals surface area contributed by atoms with Crippen molar-refractivity contribution in [2.75, 3.05) is 13.6 Å². The van der Waals surface area contributed by atoms with E-state index in [0.29, 0.717) is 5.96 Å². The van der Waals surface area contributed by atoms with E-state index >= 15 is 0 Å². The number of hydrogen-bond acceptors (Lipinski definition) is 3. The van der Waals surface area contributed by atoms with E-state index < -0.39 is 0 Å². The summed E-state index contributed by atoms with van der Waals surface area (Å²) in [5, 5.41) is 12.8. The Balaban J connectivity index is 2.31. The summed E-state index contributed by atoms with van der Waals surface area (Å²) in [6, 6.07) is 4.24. The van der Waals surface area contributed by atoms with Crippen LogP contribution in [0.4, 0.5) is 0 Å². The van der Waals surface area contributed by atoms with E-state index in [4.69, 9.17) is 11.1 Å². The molecule has 0 unspecified atom stereocenters. The van der Waals surface area contributed by atoms with Crippen LogP contribution in [-0.4, -0.2) is 25.5 Å². The first-order valence-corrected chi connectivity index (χ1v) is 5.80. The standard InChI is InChI=1S/C10H17N5S/c1-7-3-4-8(16-7)5-6-14-10(13-2)15-9(11)12/h3-4H,5-6H2,1-2H3,(H5,11,12,13,14,15). The topological polar surface area (TPSA) is 86.3 Å². The van der Waals surface area contributed by atoms with Gasteiger partial charge in [-0.25, -0.2) is 0 Å². The minimum absolute atomic E-state index is 0.111. The average molecular weight is 239 g/mol. The van der Waals surface area contributed by atoms with Crippen LogP contribution < -0.4 is 16.4 Å². The predicted octanol–water partition coefficient (Wildman–Crippen LogP) is 0.657. The quantitative estimate of drug-likeness (QED) is 0.461. The van der Waals surface area contributed by atoms with Gasteiger partial charge >= 0.3 is 0 Å². The Hall–Kier alpha value is -1.56. The van der Waals surface area contributed by atoms with Gasteiger partial charge in [-0.15, -0.1) is 11.3 Å². The van der Waals surface area contributed by atoms with Crippen LogP contribution in [0.1, 0.15) is 9.75 Å². The molecule has 0 radical (unpaired) electrons. The second-order valence-electron chi connectivity index (χ2n) is 3.30. The lowest BCUT2D eigenvalue weighted by atomic mass is 10.3. The fraction of sp³-hybridized carbons (Fsp3) is 0.400. The summed E-state index contributed by atoms with van der Waals surface area (Å²) in [7, 11) is 1.65. The van der Waals surface area contributed by atoms with Gasteiger partial charge in [0, 0.05) is 23.3 Å². The summed E-state index contributed by atoms with van der Waals surface area (Å²) in [5.74, 6) is 0.417. The average Bonchev–Trinajstić information content (AvgIpc) is 2.62. The number of aliphatic imine (C=N–C) groups is 1. The van der Waals surface area contributed by atoms with Gasteiger partial charge in [0.2, 0.25) is 0 Å². The maximum atomic E-state index is 7.08. The summed E-state index contributed by atoms with van der Waals surface area (Å²) in [4.78, 5) is 6.60. The van der Waals surface area contributed by atoms with Crippen molar-refractivity contribution >= 4 is 23.3 Å². The molecule has 0 fully saturated rings. The van der Waals surface area contributed by atoms with Crippen LogP contribution in [0.25, 0.3) is 0 Å². The third kappa shape index (κ3) is 4.31. The largest absolute Gasteiger partial charge is 0.370 e. The molecule has 6 heteroatoms. The van der Waals surface area contributed by atoms with Gasteiger partial charge in [-0.2, -0.15) is 0 Å². The molecule has 0 aliphatic rings. The van der Waals surface area contributed by atoms with Crippen LogP contribution in [0.3, 0.4) is 0 Å². The van der Waals surface area contributed by atoms with Crippen LogP contribution in [-0.2, 0) is 6.42 Å². The van der Waals surface area contributed by atoms with E-state index in [2.05, 4.69) is 34.7 Å². The fourth-order valence-corrected chi connectivity index (χ4v) is 2.12. The summed E-state index contributed by atoms with van der Waals surface area (Å²) >= 11 is 1.79. The number of aryl methyl sites for hydroxylation is 1. The highest BCUT2D eigenvalue weighted by Gasteiger charge is 1.99. The zero-order valence-corrected chi connectivity index (χ0v) is 10.3. The molecule has 5 nitrogen and oxygen atoms in total. The van der Waals surface area contributed by atoms with Gasteiger partial charge in [-0.3, -0.25) is 15.7 Å².